The van der Waals surface area contributed by atoms with Crippen LogP contribution in [-0.4, -0.2) is 15.5 Å². The van der Waals surface area contributed by atoms with Crippen molar-refractivity contribution in [3.8, 4) is 0 Å². The molecule has 12 heavy (non-hydrogen) atoms. The third-order valence-electron chi connectivity index (χ3n) is 1.42. The van der Waals surface area contributed by atoms with Gasteiger partial charge in [0.1, 0.15) is 0 Å². The molecule has 0 fully saturated rings. The highest BCUT2D eigenvalue weighted by Gasteiger charge is 2.05. The molecule has 65 valence electrons. The zero-order valence-corrected chi connectivity index (χ0v) is 7.38. The Morgan fingerprint density at radius 1 is 1.25 bits per heavy atom. The maximum Gasteiger partial charge on any atom is 0.238 e. The minimum absolute atomic E-state index is 0.106. The van der Waals surface area contributed by atoms with Crippen LogP contribution in [0.4, 0.5) is 5.69 Å². The fourth-order valence-electron chi connectivity index (χ4n) is 0.785. The van der Waals surface area contributed by atoms with Gasteiger partial charge in [-0.3, -0.25) is 5.32 Å². The molecule has 0 unspecified atom stereocenters. The zero-order valence-electron chi connectivity index (χ0n) is 6.56. The van der Waals surface area contributed by atoms with Gasteiger partial charge in [-0.05, 0) is 24.3 Å². The van der Waals surface area contributed by atoms with Gasteiger partial charge in [-0.25, -0.2) is 13.6 Å². The third kappa shape index (κ3) is 1.96. The van der Waals surface area contributed by atoms with Crippen LogP contribution in [0.1, 0.15) is 0 Å². The summed E-state index contributed by atoms with van der Waals surface area (Å²) in [5.74, 6) is 0. The highest BCUT2D eigenvalue weighted by atomic mass is 32.2. The average molecular weight is 185 g/mol. The van der Waals surface area contributed by atoms with Gasteiger partial charge in [0.05, 0.1) is 10.6 Å². The first kappa shape index (κ1) is 9.02. The van der Waals surface area contributed by atoms with Crippen molar-refractivity contribution in [3.05, 3.63) is 24.3 Å². The van der Waals surface area contributed by atoms with Crippen molar-refractivity contribution >= 4 is 15.7 Å². The van der Waals surface area contributed by atoms with Crippen LogP contribution in [0.3, 0.4) is 0 Å². The van der Waals surface area contributed by atoms with Gasteiger partial charge < -0.3 is 0 Å². The molecule has 0 aromatic heterocycles. The molecule has 1 aromatic carbocycles. The maximum atomic E-state index is 10.8. The molecule has 0 aliphatic heterocycles. The van der Waals surface area contributed by atoms with E-state index in [4.69, 9.17) is 5.14 Å². The number of nitrogens with zero attached hydrogens (tertiary/aromatic N) is 1. The van der Waals surface area contributed by atoms with Crippen LogP contribution in [0.15, 0.2) is 29.2 Å². The molecule has 0 atom stereocenters. The molecule has 0 aliphatic rings. The smallest absolute Gasteiger partial charge is 0.238 e. The van der Waals surface area contributed by atoms with Gasteiger partial charge in [0.25, 0.3) is 0 Å². The van der Waals surface area contributed by atoms with Gasteiger partial charge in [-0.1, -0.05) is 0 Å². The topological polar surface area (TPSA) is 74.3 Å². The van der Waals surface area contributed by atoms with E-state index in [1.165, 1.54) is 12.1 Å². The summed E-state index contributed by atoms with van der Waals surface area (Å²) in [5.41, 5.74) is 0.724. The van der Waals surface area contributed by atoms with Gasteiger partial charge in [-0.15, -0.1) is 0 Å². The fourth-order valence-corrected chi connectivity index (χ4v) is 1.30. The normalized spacial score (nSPS) is 11.2. The summed E-state index contributed by atoms with van der Waals surface area (Å²) >= 11 is 0. The summed E-state index contributed by atoms with van der Waals surface area (Å²) in [6, 6.07) is 6.05. The van der Waals surface area contributed by atoms with Gasteiger partial charge in [-0.2, -0.15) is 0 Å². The first-order valence-electron chi connectivity index (χ1n) is 3.27. The van der Waals surface area contributed by atoms with Crippen molar-refractivity contribution in [2.24, 2.45) is 5.14 Å². The summed E-state index contributed by atoms with van der Waals surface area (Å²) in [7, 11) is -1.94. The molecule has 1 aromatic rings. The lowest BCUT2D eigenvalue weighted by Gasteiger charge is -1.98. The number of hydrogen-bond acceptors (Lipinski definition) is 2. The molecule has 0 spiro atoms. The molecule has 0 heterocycles. The lowest BCUT2D eigenvalue weighted by atomic mass is 10.3. The lowest BCUT2D eigenvalue weighted by molar-refractivity contribution is 0.598. The standard InChI is InChI=1S/C7H9N2O2S/c1-9-6-2-4-7(5-3-6)12(8,10)11/h2-5H,1H3,(H2,8,10,11). The number of nitrogens with two attached hydrogens (primary N) is 1. The summed E-state index contributed by atoms with van der Waals surface area (Å²) in [6.07, 6.45) is 0. The van der Waals surface area contributed by atoms with E-state index in [-0.39, 0.29) is 4.90 Å². The van der Waals surface area contributed by atoms with E-state index in [0.717, 1.165) is 5.69 Å². The number of primary sulfonamides is 1. The van der Waals surface area contributed by atoms with Crippen molar-refractivity contribution in [2.45, 2.75) is 4.90 Å². The largest absolute Gasteiger partial charge is 0.289 e. The van der Waals surface area contributed by atoms with Crippen LogP contribution in [0.2, 0.25) is 0 Å². The summed E-state index contributed by atoms with van der Waals surface area (Å²) in [4.78, 5) is 0.106. The molecule has 0 aliphatic carbocycles. The first-order chi connectivity index (χ1) is 5.54. The Morgan fingerprint density at radius 2 is 1.75 bits per heavy atom. The van der Waals surface area contributed by atoms with E-state index in [9.17, 15) is 8.42 Å². The first-order valence-corrected chi connectivity index (χ1v) is 4.81. The van der Waals surface area contributed by atoms with Crippen molar-refractivity contribution in [3.63, 3.8) is 0 Å². The van der Waals surface area contributed by atoms with Crippen molar-refractivity contribution < 1.29 is 8.42 Å². The predicted octanol–water partition coefficient (Wildman–Crippen LogP) is 0.200. The van der Waals surface area contributed by atoms with E-state index >= 15 is 0 Å². The van der Waals surface area contributed by atoms with Gasteiger partial charge >= 0.3 is 0 Å². The van der Waals surface area contributed by atoms with Crippen LogP contribution in [0, 0.1) is 0 Å². The Kier molecular flexibility index (Phi) is 2.35. The van der Waals surface area contributed by atoms with Crippen LogP contribution in [0.25, 0.3) is 0 Å². The van der Waals surface area contributed by atoms with Gasteiger partial charge in [0, 0.05) is 7.05 Å². The van der Waals surface area contributed by atoms with E-state index in [1.54, 1.807) is 19.2 Å². The van der Waals surface area contributed by atoms with Crippen molar-refractivity contribution in [1.29, 1.82) is 0 Å². The van der Waals surface area contributed by atoms with Gasteiger partial charge in [0.15, 0.2) is 0 Å². The van der Waals surface area contributed by atoms with E-state index in [0.29, 0.717) is 0 Å². The van der Waals surface area contributed by atoms with E-state index in [2.05, 4.69) is 5.32 Å². The predicted molar refractivity (Wildman–Crippen MR) is 45.5 cm³/mol. The van der Waals surface area contributed by atoms with E-state index < -0.39 is 10.0 Å². The second kappa shape index (κ2) is 3.12. The van der Waals surface area contributed by atoms with Crippen LogP contribution < -0.4 is 10.5 Å². The van der Waals surface area contributed by atoms with E-state index in [1.807, 2.05) is 0 Å². The third-order valence-corrected chi connectivity index (χ3v) is 2.35. The molecule has 2 N–H and O–H groups in total. The number of sulfonamides is 1. The minimum Gasteiger partial charge on any atom is -0.289 e. The molecule has 1 rings (SSSR count). The summed E-state index contributed by atoms with van der Waals surface area (Å²) in [5, 5.41) is 8.75. The maximum absolute atomic E-state index is 10.8. The average Bonchev–Trinajstić information content (AvgIpc) is 2.03. The van der Waals surface area contributed by atoms with Gasteiger partial charge in [0.2, 0.25) is 10.0 Å². The molecular formula is C7H9N2O2S. The second-order valence-electron chi connectivity index (χ2n) is 2.26. The molecule has 4 nitrogen and oxygen atoms in total. The van der Waals surface area contributed by atoms with Crippen molar-refractivity contribution in [2.75, 3.05) is 7.05 Å². The Hall–Kier alpha value is -1.07. The Bertz CT molecular complexity index is 355. The fraction of sp³-hybridized carbons (Fsp3) is 0.143. The van der Waals surface area contributed by atoms with Crippen LogP contribution in [-0.2, 0) is 10.0 Å². The highest BCUT2D eigenvalue weighted by molar-refractivity contribution is 7.89. The van der Waals surface area contributed by atoms with Crippen LogP contribution >= 0.6 is 0 Å². The molecular weight excluding hydrogens is 176 g/mol. The highest BCUT2D eigenvalue weighted by Crippen LogP contribution is 2.11. The molecule has 0 saturated carbocycles. The van der Waals surface area contributed by atoms with Crippen molar-refractivity contribution in [1.82, 2.24) is 5.32 Å². The number of hydrogen-bond donors (Lipinski definition) is 1. The molecule has 1 radical (unpaired) electrons. The molecule has 0 amide bonds. The minimum atomic E-state index is -3.57. The second-order valence-corrected chi connectivity index (χ2v) is 3.82. The SMILES string of the molecule is C[N]c1ccc(S(N)(=O)=O)cc1. The Labute approximate surface area is 71.4 Å². The summed E-state index contributed by atoms with van der Waals surface area (Å²) in [6.45, 7) is 0. The summed E-state index contributed by atoms with van der Waals surface area (Å²) < 4.78 is 21.6. The quantitative estimate of drug-likeness (QED) is 0.714. The molecule has 0 saturated heterocycles. The number of rotatable bonds is 2. The zero-order chi connectivity index (χ0) is 9.19. The molecule has 0 bridgehead atoms. The Balaban J connectivity index is 3.09. The monoisotopic (exact) mass is 185 g/mol. The Morgan fingerprint density at radius 3 is 2.08 bits per heavy atom. The lowest BCUT2D eigenvalue weighted by Crippen LogP contribution is -2.11. The van der Waals surface area contributed by atoms with Crippen LogP contribution in [0.5, 0.6) is 0 Å². The number of benzene rings is 1. The molecule has 5 heteroatoms.